The lowest BCUT2D eigenvalue weighted by Gasteiger charge is -1.97. The van der Waals surface area contributed by atoms with Gasteiger partial charge in [0, 0.05) is 0 Å². The highest BCUT2D eigenvalue weighted by Crippen LogP contribution is 2.23. The van der Waals surface area contributed by atoms with Gasteiger partial charge in [0.15, 0.2) is 5.22 Å². The molecule has 2 heterocycles. The van der Waals surface area contributed by atoms with Crippen molar-refractivity contribution < 1.29 is 4.42 Å². The lowest BCUT2D eigenvalue weighted by Crippen LogP contribution is -1.84. The van der Waals surface area contributed by atoms with Crippen LogP contribution in [0.1, 0.15) is 5.76 Å². The van der Waals surface area contributed by atoms with Crippen molar-refractivity contribution in [3.63, 3.8) is 0 Å². The highest BCUT2D eigenvalue weighted by atomic mass is 35.5. The highest BCUT2D eigenvalue weighted by molar-refractivity contribution is 7.98. The van der Waals surface area contributed by atoms with Crippen LogP contribution < -0.4 is 0 Å². The predicted octanol–water partition coefficient (Wildman–Crippen LogP) is 3.67. The van der Waals surface area contributed by atoms with E-state index in [0.29, 0.717) is 16.1 Å². The predicted molar refractivity (Wildman–Crippen MR) is 60.3 cm³/mol. The third-order valence-electron chi connectivity index (χ3n) is 1.57. The Bertz CT molecular complexity index is 461. The van der Waals surface area contributed by atoms with Crippen LogP contribution in [0.15, 0.2) is 34.0 Å². The molecule has 0 amide bonds. The Balaban J connectivity index is 1.99. The van der Waals surface area contributed by atoms with Crippen molar-refractivity contribution in [3.05, 3.63) is 40.7 Å². The SMILES string of the molecule is Clc1cncc(SCc2ccc(Cl)o2)n1. The maximum absolute atomic E-state index is 5.70. The standard InChI is InChI=1S/C9H6Cl2N2OS/c10-7-3-12-4-9(13-7)15-5-6-1-2-8(11)14-6/h1-4H,5H2. The molecule has 2 rings (SSSR count). The molecule has 0 spiro atoms. The number of furan rings is 1. The van der Waals surface area contributed by atoms with Gasteiger partial charge in [-0.1, -0.05) is 23.4 Å². The summed E-state index contributed by atoms with van der Waals surface area (Å²) in [6, 6.07) is 3.54. The van der Waals surface area contributed by atoms with Crippen molar-refractivity contribution in [2.75, 3.05) is 0 Å². The van der Waals surface area contributed by atoms with E-state index >= 15 is 0 Å². The Morgan fingerprint density at radius 2 is 2.13 bits per heavy atom. The van der Waals surface area contributed by atoms with E-state index in [9.17, 15) is 0 Å². The van der Waals surface area contributed by atoms with Crippen molar-refractivity contribution in [1.29, 1.82) is 0 Å². The Morgan fingerprint density at radius 3 is 2.80 bits per heavy atom. The van der Waals surface area contributed by atoms with Gasteiger partial charge in [-0.15, -0.1) is 0 Å². The van der Waals surface area contributed by atoms with Crippen LogP contribution in [0.2, 0.25) is 10.4 Å². The maximum Gasteiger partial charge on any atom is 0.193 e. The molecule has 0 aromatic carbocycles. The number of halogens is 2. The third kappa shape index (κ3) is 3.12. The fourth-order valence-electron chi connectivity index (χ4n) is 0.969. The van der Waals surface area contributed by atoms with E-state index in [-0.39, 0.29) is 0 Å². The van der Waals surface area contributed by atoms with Crippen LogP contribution in [0.3, 0.4) is 0 Å². The average molecular weight is 261 g/mol. The number of aromatic nitrogens is 2. The summed E-state index contributed by atoms with van der Waals surface area (Å²) in [6.07, 6.45) is 3.15. The zero-order valence-corrected chi connectivity index (χ0v) is 9.81. The number of nitrogens with zero attached hydrogens (tertiary/aromatic N) is 2. The van der Waals surface area contributed by atoms with Gasteiger partial charge in [-0.05, 0) is 23.7 Å². The summed E-state index contributed by atoms with van der Waals surface area (Å²) >= 11 is 12.8. The summed E-state index contributed by atoms with van der Waals surface area (Å²) in [6.45, 7) is 0. The highest BCUT2D eigenvalue weighted by Gasteiger charge is 2.02. The van der Waals surface area contributed by atoms with Crippen molar-refractivity contribution >= 4 is 35.0 Å². The Kier molecular flexibility index (Phi) is 3.51. The van der Waals surface area contributed by atoms with Crippen LogP contribution in [0, 0.1) is 0 Å². The molecular formula is C9H6Cl2N2OS. The Hall–Kier alpha value is -0.710. The molecule has 0 N–H and O–H groups in total. The molecule has 0 bridgehead atoms. The normalized spacial score (nSPS) is 10.5. The molecule has 2 aromatic rings. The van der Waals surface area contributed by atoms with Crippen LogP contribution in [0.5, 0.6) is 0 Å². The van der Waals surface area contributed by atoms with Gasteiger partial charge >= 0.3 is 0 Å². The molecule has 0 aliphatic rings. The van der Waals surface area contributed by atoms with Crippen LogP contribution in [-0.2, 0) is 5.75 Å². The average Bonchev–Trinajstić information content (AvgIpc) is 2.62. The van der Waals surface area contributed by atoms with Crippen LogP contribution in [0.4, 0.5) is 0 Å². The second-order valence-electron chi connectivity index (χ2n) is 2.67. The summed E-state index contributed by atoms with van der Waals surface area (Å²) < 4.78 is 5.20. The molecular weight excluding hydrogens is 255 g/mol. The van der Waals surface area contributed by atoms with Gasteiger partial charge in [0.1, 0.15) is 15.9 Å². The first-order valence-electron chi connectivity index (χ1n) is 4.08. The van der Waals surface area contributed by atoms with Gasteiger partial charge in [-0.2, -0.15) is 0 Å². The summed E-state index contributed by atoms with van der Waals surface area (Å²) in [5.41, 5.74) is 0. The molecule has 6 heteroatoms. The fraction of sp³-hybridized carbons (Fsp3) is 0.111. The minimum absolute atomic E-state index is 0.387. The van der Waals surface area contributed by atoms with Crippen molar-refractivity contribution in [1.82, 2.24) is 9.97 Å². The van der Waals surface area contributed by atoms with E-state index < -0.39 is 0 Å². The van der Waals surface area contributed by atoms with Crippen molar-refractivity contribution in [2.45, 2.75) is 10.8 Å². The molecule has 0 saturated carbocycles. The van der Waals surface area contributed by atoms with Gasteiger partial charge in [0.05, 0.1) is 18.1 Å². The quantitative estimate of drug-likeness (QED) is 0.790. The van der Waals surface area contributed by atoms with E-state index in [1.807, 2.05) is 6.07 Å². The van der Waals surface area contributed by atoms with E-state index in [4.69, 9.17) is 27.6 Å². The molecule has 0 unspecified atom stereocenters. The number of hydrogen-bond acceptors (Lipinski definition) is 4. The van der Waals surface area contributed by atoms with E-state index in [1.165, 1.54) is 18.0 Å². The summed E-state index contributed by atoms with van der Waals surface area (Å²) in [5, 5.41) is 1.54. The molecule has 0 fully saturated rings. The molecule has 3 nitrogen and oxygen atoms in total. The molecule has 0 saturated heterocycles. The van der Waals surface area contributed by atoms with Crippen LogP contribution >= 0.6 is 35.0 Å². The molecule has 0 radical (unpaired) electrons. The lowest BCUT2D eigenvalue weighted by atomic mass is 10.5. The molecule has 2 aromatic heterocycles. The van der Waals surface area contributed by atoms with E-state index in [1.54, 1.807) is 12.3 Å². The number of rotatable bonds is 3. The second-order valence-corrected chi connectivity index (χ2v) is 4.43. The van der Waals surface area contributed by atoms with Gasteiger partial charge < -0.3 is 4.42 Å². The molecule has 15 heavy (non-hydrogen) atoms. The zero-order chi connectivity index (χ0) is 10.7. The third-order valence-corrected chi connectivity index (χ3v) is 2.88. The smallest absolute Gasteiger partial charge is 0.193 e. The van der Waals surface area contributed by atoms with Crippen molar-refractivity contribution in [3.8, 4) is 0 Å². The number of thioether (sulfide) groups is 1. The number of hydrogen-bond donors (Lipinski definition) is 0. The Morgan fingerprint density at radius 1 is 1.27 bits per heavy atom. The minimum atomic E-state index is 0.387. The largest absolute Gasteiger partial charge is 0.449 e. The summed E-state index contributed by atoms with van der Waals surface area (Å²) in [7, 11) is 0. The minimum Gasteiger partial charge on any atom is -0.449 e. The van der Waals surface area contributed by atoms with Crippen LogP contribution in [-0.4, -0.2) is 9.97 Å². The molecule has 0 atom stereocenters. The van der Waals surface area contributed by atoms with E-state index in [0.717, 1.165) is 10.8 Å². The van der Waals surface area contributed by atoms with Gasteiger partial charge in [0.2, 0.25) is 0 Å². The van der Waals surface area contributed by atoms with Gasteiger partial charge in [-0.3, -0.25) is 4.98 Å². The maximum atomic E-state index is 5.70. The second kappa shape index (κ2) is 4.88. The first-order valence-corrected chi connectivity index (χ1v) is 5.83. The topological polar surface area (TPSA) is 38.9 Å². The van der Waals surface area contributed by atoms with Gasteiger partial charge in [-0.25, -0.2) is 4.98 Å². The lowest BCUT2D eigenvalue weighted by molar-refractivity contribution is 0.532. The molecule has 0 aliphatic carbocycles. The zero-order valence-electron chi connectivity index (χ0n) is 7.48. The first kappa shape index (κ1) is 10.8. The Labute approximate surface area is 101 Å². The summed E-state index contributed by atoms with van der Waals surface area (Å²) in [4.78, 5) is 8.02. The van der Waals surface area contributed by atoms with Gasteiger partial charge in [0.25, 0.3) is 0 Å². The molecule has 0 aliphatic heterocycles. The first-order chi connectivity index (χ1) is 7.24. The monoisotopic (exact) mass is 260 g/mol. The summed E-state index contributed by atoms with van der Waals surface area (Å²) in [5.74, 6) is 1.45. The molecule has 78 valence electrons. The van der Waals surface area contributed by atoms with Crippen LogP contribution in [0.25, 0.3) is 0 Å². The van der Waals surface area contributed by atoms with E-state index in [2.05, 4.69) is 9.97 Å². The fourth-order valence-corrected chi connectivity index (χ4v) is 2.07. The van der Waals surface area contributed by atoms with Crippen molar-refractivity contribution in [2.24, 2.45) is 0 Å².